The third-order valence-corrected chi connectivity index (χ3v) is 4.20. The molecule has 0 bridgehead atoms. The Morgan fingerprint density at radius 3 is 2.64 bits per heavy atom. The van der Waals surface area contributed by atoms with Crippen LogP contribution in [0, 0.1) is 11.6 Å². The van der Waals surface area contributed by atoms with Gasteiger partial charge in [0.15, 0.2) is 16.8 Å². The molecule has 0 aliphatic rings. The van der Waals surface area contributed by atoms with Gasteiger partial charge in [-0.25, -0.2) is 8.78 Å². The third kappa shape index (κ3) is 4.64. The molecule has 0 aromatic heterocycles. The van der Waals surface area contributed by atoms with Crippen LogP contribution in [-0.2, 0) is 5.75 Å². The molecular formula is C15H12BrF2N3S. The Bertz CT molecular complexity index is 705. The summed E-state index contributed by atoms with van der Waals surface area (Å²) in [5, 5.41) is 7.70. The van der Waals surface area contributed by atoms with Gasteiger partial charge < -0.3 is 5.73 Å². The van der Waals surface area contributed by atoms with Crippen LogP contribution < -0.4 is 5.73 Å². The SMILES string of the molecule is NC(=NN=Cc1c(Br)ccc(F)c1F)SCc1ccccc1. The lowest BCUT2D eigenvalue weighted by molar-refractivity contribution is 0.507. The Morgan fingerprint density at radius 1 is 1.18 bits per heavy atom. The first kappa shape index (κ1) is 16.6. The number of hydrogen-bond donors (Lipinski definition) is 1. The van der Waals surface area contributed by atoms with Crippen LogP contribution in [-0.4, -0.2) is 11.4 Å². The Balaban J connectivity index is 2.00. The number of halogens is 3. The van der Waals surface area contributed by atoms with E-state index in [-0.39, 0.29) is 10.7 Å². The van der Waals surface area contributed by atoms with Crippen LogP contribution in [0.2, 0.25) is 0 Å². The highest BCUT2D eigenvalue weighted by atomic mass is 79.9. The van der Waals surface area contributed by atoms with Crippen molar-refractivity contribution in [1.82, 2.24) is 0 Å². The topological polar surface area (TPSA) is 50.7 Å². The third-order valence-electron chi connectivity index (χ3n) is 2.65. The van der Waals surface area contributed by atoms with Crippen molar-refractivity contribution in [3.05, 3.63) is 69.7 Å². The van der Waals surface area contributed by atoms with Crippen LogP contribution >= 0.6 is 27.7 Å². The second kappa shape index (κ2) is 8.05. The van der Waals surface area contributed by atoms with Crippen LogP contribution in [0.25, 0.3) is 0 Å². The van der Waals surface area contributed by atoms with E-state index in [9.17, 15) is 8.78 Å². The summed E-state index contributed by atoms with van der Waals surface area (Å²) in [5.74, 6) is -1.27. The minimum atomic E-state index is -0.983. The maximum atomic E-state index is 13.6. The van der Waals surface area contributed by atoms with Crippen molar-refractivity contribution in [2.45, 2.75) is 5.75 Å². The molecule has 0 aliphatic heterocycles. The number of amidine groups is 1. The van der Waals surface area contributed by atoms with Gasteiger partial charge in [-0.2, -0.15) is 5.10 Å². The number of thioether (sulfide) groups is 1. The fourth-order valence-electron chi connectivity index (χ4n) is 1.56. The van der Waals surface area contributed by atoms with Gasteiger partial charge in [-0.1, -0.05) is 58.0 Å². The average molecular weight is 384 g/mol. The maximum Gasteiger partial charge on any atom is 0.180 e. The first-order valence-corrected chi connectivity index (χ1v) is 8.02. The van der Waals surface area contributed by atoms with E-state index in [0.29, 0.717) is 10.2 Å². The number of nitrogens with zero attached hydrogens (tertiary/aromatic N) is 2. The van der Waals surface area contributed by atoms with E-state index < -0.39 is 11.6 Å². The number of rotatable bonds is 4. The first-order valence-electron chi connectivity index (χ1n) is 6.24. The van der Waals surface area contributed by atoms with E-state index in [1.54, 1.807) is 0 Å². The summed E-state index contributed by atoms with van der Waals surface area (Å²) in [6.07, 6.45) is 1.12. The van der Waals surface area contributed by atoms with Crippen LogP contribution in [0.5, 0.6) is 0 Å². The highest BCUT2D eigenvalue weighted by Crippen LogP contribution is 2.20. The average Bonchev–Trinajstić information content (AvgIpc) is 2.53. The van der Waals surface area contributed by atoms with Crippen molar-refractivity contribution < 1.29 is 8.78 Å². The second-order valence-electron chi connectivity index (χ2n) is 4.21. The van der Waals surface area contributed by atoms with Gasteiger partial charge in [0.1, 0.15) is 0 Å². The number of hydrogen-bond acceptors (Lipinski definition) is 3. The zero-order valence-corrected chi connectivity index (χ0v) is 13.7. The Hall–Kier alpha value is -1.73. The predicted molar refractivity (Wildman–Crippen MR) is 91.0 cm³/mol. The molecule has 0 aliphatic carbocycles. The fourth-order valence-corrected chi connectivity index (χ4v) is 2.59. The normalized spacial score (nSPS) is 12.0. The summed E-state index contributed by atoms with van der Waals surface area (Å²) in [4.78, 5) is 0. The monoisotopic (exact) mass is 383 g/mol. The molecule has 0 saturated carbocycles. The van der Waals surface area contributed by atoms with E-state index in [1.165, 1.54) is 17.8 Å². The molecule has 3 nitrogen and oxygen atoms in total. The van der Waals surface area contributed by atoms with Gasteiger partial charge in [-0.15, -0.1) is 5.10 Å². The zero-order chi connectivity index (χ0) is 15.9. The Kier molecular flexibility index (Phi) is 6.09. The van der Waals surface area contributed by atoms with Crippen molar-refractivity contribution in [2.75, 3.05) is 0 Å². The largest absolute Gasteiger partial charge is 0.377 e. The van der Waals surface area contributed by atoms with Gasteiger partial charge in [0.25, 0.3) is 0 Å². The van der Waals surface area contributed by atoms with Crippen LogP contribution in [0.1, 0.15) is 11.1 Å². The van der Waals surface area contributed by atoms with E-state index in [2.05, 4.69) is 26.1 Å². The van der Waals surface area contributed by atoms with Gasteiger partial charge >= 0.3 is 0 Å². The molecule has 2 aromatic rings. The smallest absolute Gasteiger partial charge is 0.180 e. The lowest BCUT2D eigenvalue weighted by Crippen LogP contribution is -2.06. The molecule has 0 spiro atoms. The molecule has 0 atom stereocenters. The number of nitrogens with two attached hydrogens (primary N) is 1. The molecule has 0 amide bonds. The molecule has 7 heteroatoms. The lowest BCUT2D eigenvalue weighted by Gasteiger charge is -2.01. The van der Waals surface area contributed by atoms with E-state index in [1.807, 2.05) is 30.3 Å². The molecule has 0 unspecified atom stereocenters. The van der Waals surface area contributed by atoms with Gasteiger partial charge in [0.05, 0.1) is 6.21 Å². The van der Waals surface area contributed by atoms with Crippen molar-refractivity contribution in [3.63, 3.8) is 0 Å². The summed E-state index contributed by atoms with van der Waals surface area (Å²) in [5.41, 5.74) is 6.81. The predicted octanol–water partition coefficient (Wildman–Crippen LogP) is 4.31. The molecule has 114 valence electrons. The molecule has 2 aromatic carbocycles. The van der Waals surface area contributed by atoms with Crippen molar-refractivity contribution >= 4 is 39.1 Å². The second-order valence-corrected chi connectivity index (χ2v) is 6.06. The van der Waals surface area contributed by atoms with Gasteiger partial charge in [-0.05, 0) is 17.7 Å². The summed E-state index contributed by atoms with van der Waals surface area (Å²) in [7, 11) is 0. The van der Waals surface area contributed by atoms with Crippen molar-refractivity contribution in [2.24, 2.45) is 15.9 Å². The first-order chi connectivity index (χ1) is 10.6. The molecule has 2 N–H and O–H groups in total. The van der Waals surface area contributed by atoms with Crippen LogP contribution in [0.15, 0.2) is 57.1 Å². The van der Waals surface area contributed by atoms with Crippen molar-refractivity contribution in [1.29, 1.82) is 0 Å². The highest BCUT2D eigenvalue weighted by molar-refractivity contribution is 9.10. The summed E-state index contributed by atoms with van der Waals surface area (Å²) in [6, 6.07) is 12.2. The summed E-state index contributed by atoms with van der Waals surface area (Å²) in [6.45, 7) is 0. The fraction of sp³-hybridized carbons (Fsp3) is 0.0667. The highest BCUT2D eigenvalue weighted by Gasteiger charge is 2.09. The quantitative estimate of drug-likeness (QED) is 0.370. The number of benzene rings is 2. The van der Waals surface area contributed by atoms with Gasteiger partial charge in [0.2, 0.25) is 0 Å². The van der Waals surface area contributed by atoms with Gasteiger partial charge in [-0.3, -0.25) is 0 Å². The summed E-state index contributed by atoms with van der Waals surface area (Å²) < 4.78 is 27.1. The standard InChI is InChI=1S/C15H12BrF2N3S/c16-12-6-7-13(17)14(18)11(12)8-20-21-15(19)22-9-10-4-2-1-3-5-10/h1-8H,9H2,(H2,19,21). The molecule has 0 fully saturated rings. The Morgan fingerprint density at radius 2 is 1.91 bits per heavy atom. The minimum Gasteiger partial charge on any atom is -0.377 e. The van der Waals surface area contributed by atoms with E-state index >= 15 is 0 Å². The molecule has 22 heavy (non-hydrogen) atoms. The molecule has 0 radical (unpaired) electrons. The van der Waals surface area contributed by atoms with Crippen molar-refractivity contribution in [3.8, 4) is 0 Å². The van der Waals surface area contributed by atoms with Crippen LogP contribution in [0.3, 0.4) is 0 Å². The summed E-state index contributed by atoms with van der Waals surface area (Å²) >= 11 is 4.44. The maximum absolute atomic E-state index is 13.6. The molecule has 2 rings (SSSR count). The zero-order valence-electron chi connectivity index (χ0n) is 11.3. The molecular weight excluding hydrogens is 372 g/mol. The van der Waals surface area contributed by atoms with E-state index in [0.717, 1.165) is 17.8 Å². The minimum absolute atomic E-state index is 0.00962. The molecule has 0 saturated heterocycles. The van der Waals surface area contributed by atoms with E-state index in [4.69, 9.17) is 5.73 Å². The Labute approximate surface area is 139 Å². The lowest BCUT2D eigenvalue weighted by atomic mass is 10.2. The van der Waals surface area contributed by atoms with Crippen LogP contribution in [0.4, 0.5) is 8.78 Å². The molecule has 0 heterocycles. The van der Waals surface area contributed by atoms with Gasteiger partial charge in [0, 0.05) is 15.8 Å².